The smallest absolute Gasteiger partial charge is 0.323 e. The number of carboxylic acids is 1. The van der Waals surface area contributed by atoms with Gasteiger partial charge in [-0.25, -0.2) is 8.78 Å². The van der Waals surface area contributed by atoms with Crippen LogP contribution in [0.1, 0.15) is 36.9 Å². The quantitative estimate of drug-likeness (QED) is 0.432. The second kappa shape index (κ2) is 11.4. The molecule has 1 fully saturated rings. The number of carbonyl (C=O) groups is 1. The highest BCUT2D eigenvalue weighted by Gasteiger charge is 2.15. The molecule has 186 valence electrons. The number of aryl methyl sites for hydroxylation is 2. The maximum atomic E-state index is 14.1. The molecule has 1 N–H and O–H groups in total. The number of hydrogen-bond donors (Lipinski definition) is 1. The van der Waals surface area contributed by atoms with Crippen molar-refractivity contribution in [1.82, 2.24) is 9.47 Å². The maximum absolute atomic E-state index is 14.1. The Bertz CT molecular complexity index is 1250. The van der Waals surface area contributed by atoms with E-state index in [-0.39, 0.29) is 30.4 Å². The van der Waals surface area contributed by atoms with Crippen molar-refractivity contribution in [2.75, 3.05) is 26.2 Å². The maximum Gasteiger partial charge on any atom is 0.323 e. The third kappa shape index (κ3) is 6.25. The fourth-order valence-electron chi connectivity index (χ4n) is 4.69. The van der Waals surface area contributed by atoms with Gasteiger partial charge in [-0.05, 0) is 69.0 Å². The summed E-state index contributed by atoms with van der Waals surface area (Å²) in [5.41, 5.74) is 0.803. The molecule has 3 aromatic rings. The van der Waals surface area contributed by atoms with Gasteiger partial charge in [0.2, 0.25) is 0 Å². The van der Waals surface area contributed by atoms with Crippen molar-refractivity contribution in [3.8, 4) is 5.75 Å². The highest BCUT2D eigenvalue weighted by molar-refractivity contribution is 5.82. The van der Waals surface area contributed by atoms with E-state index in [0.717, 1.165) is 32.1 Å². The van der Waals surface area contributed by atoms with E-state index >= 15 is 0 Å². The Balaban J connectivity index is 1.55. The number of piperidine rings is 1. The van der Waals surface area contributed by atoms with Gasteiger partial charge in [-0.15, -0.1) is 0 Å². The van der Waals surface area contributed by atoms with Gasteiger partial charge in [0.15, 0.2) is 17.1 Å². The zero-order valence-electron chi connectivity index (χ0n) is 19.6. The van der Waals surface area contributed by atoms with Crippen LogP contribution >= 0.6 is 0 Å². The number of benzene rings is 2. The average Bonchev–Trinajstić information content (AvgIpc) is 2.85. The van der Waals surface area contributed by atoms with Crippen LogP contribution in [-0.4, -0.2) is 46.8 Å². The standard InChI is InChI=1S/C27H30F2N2O4/c28-23-7-4-6-19(27(23)29)8-9-20-16-25(32)22-11-10-21(17-24(22)31(20)18-26(33)34)35-15-5-14-30-12-2-1-3-13-30/h4,6-7,10-11,16-17H,1-3,5,8-9,12-15,18H2,(H,33,34). The number of likely N-dealkylation sites (tertiary alicyclic amines) is 1. The van der Waals surface area contributed by atoms with Crippen LogP contribution in [0.5, 0.6) is 5.75 Å². The summed E-state index contributed by atoms with van der Waals surface area (Å²) in [6.45, 7) is 3.37. The molecule has 1 aliphatic heterocycles. The zero-order chi connectivity index (χ0) is 24.8. The molecular weight excluding hydrogens is 454 g/mol. The van der Waals surface area contributed by atoms with Crippen LogP contribution in [0.15, 0.2) is 47.3 Å². The predicted molar refractivity (Wildman–Crippen MR) is 130 cm³/mol. The van der Waals surface area contributed by atoms with Gasteiger partial charge in [0.05, 0.1) is 12.1 Å². The van der Waals surface area contributed by atoms with Crippen molar-refractivity contribution in [2.24, 2.45) is 0 Å². The average molecular weight is 485 g/mol. The van der Waals surface area contributed by atoms with Crippen LogP contribution < -0.4 is 10.2 Å². The van der Waals surface area contributed by atoms with Crippen molar-refractivity contribution in [3.05, 3.63) is 75.6 Å². The van der Waals surface area contributed by atoms with E-state index in [9.17, 15) is 23.5 Å². The van der Waals surface area contributed by atoms with Crippen LogP contribution in [0.3, 0.4) is 0 Å². The minimum atomic E-state index is -1.07. The number of hydrogen-bond acceptors (Lipinski definition) is 4. The van der Waals surface area contributed by atoms with E-state index in [0.29, 0.717) is 29.0 Å². The number of ether oxygens (including phenoxy) is 1. The fraction of sp³-hybridized carbons (Fsp3) is 0.407. The Kier molecular flexibility index (Phi) is 8.13. The van der Waals surface area contributed by atoms with Crippen LogP contribution in [0.4, 0.5) is 8.78 Å². The van der Waals surface area contributed by atoms with Crippen molar-refractivity contribution in [1.29, 1.82) is 0 Å². The molecule has 0 saturated carbocycles. The van der Waals surface area contributed by atoms with Crippen molar-refractivity contribution < 1.29 is 23.4 Å². The molecule has 1 aromatic heterocycles. The van der Waals surface area contributed by atoms with E-state index in [1.54, 1.807) is 18.2 Å². The van der Waals surface area contributed by atoms with Crippen LogP contribution in [-0.2, 0) is 24.2 Å². The third-order valence-corrected chi connectivity index (χ3v) is 6.48. The van der Waals surface area contributed by atoms with E-state index in [1.807, 2.05) is 0 Å². The van der Waals surface area contributed by atoms with Gasteiger partial charge in [0, 0.05) is 29.8 Å². The van der Waals surface area contributed by atoms with Gasteiger partial charge in [0.25, 0.3) is 0 Å². The number of aliphatic carboxylic acids is 1. The van der Waals surface area contributed by atoms with Crippen molar-refractivity contribution in [2.45, 2.75) is 45.1 Å². The van der Waals surface area contributed by atoms with E-state index in [2.05, 4.69) is 4.90 Å². The molecule has 0 radical (unpaired) electrons. The first-order valence-corrected chi connectivity index (χ1v) is 12.1. The second-order valence-electron chi connectivity index (χ2n) is 8.98. The first kappa shape index (κ1) is 24.9. The number of carboxylic acid groups (broad SMARTS) is 1. The highest BCUT2D eigenvalue weighted by Crippen LogP contribution is 2.22. The minimum Gasteiger partial charge on any atom is -0.493 e. The zero-order valence-corrected chi connectivity index (χ0v) is 19.6. The van der Waals surface area contributed by atoms with E-state index in [1.165, 1.54) is 42.0 Å². The first-order valence-electron chi connectivity index (χ1n) is 12.1. The normalized spacial score (nSPS) is 14.3. The van der Waals surface area contributed by atoms with E-state index in [4.69, 9.17) is 4.74 Å². The summed E-state index contributed by atoms with van der Waals surface area (Å²) in [5.74, 6) is -2.38. The van der Waals surface area contributed by atoms with E-state index < -0.39 is 17.6 Å². The molecule has 2 aromatic carbocycles. The topological polar surface area (TPSA) is 71.8 Å². The lowest BCUT2D eigenvalue weighted by Crippen LogP contribution is -2.31. The molecule has 1 saturated heterocycles. The third-order valence-electron chi connectivity index (χ3n) is 6.48. The summed E-state index contributed by atoms with van der Waals surface area (Å²) in [6.07, 6.45) is 4.95. The predicted octanol–water partition coefficient (Wildman–Crippen LogP) is 4.40. The highest BCUT2D eigenvalue weighted by atomic mass is 19.2. The van der Waals surface area contributed by atoms with Gasteiger partial charge >= 0.3 is 5.97 Å². The van der Waals surface area contributed by atoms with Crippen LogP contribution in [0.2, 0.25) is 0 Å². The molecule has 8 heteroatoms. The van der Waals surface area contributed by atoms with Gasteiger partial charge in [-0.1, -0.05) is 18.6 Å². The first-order chi connectivity index (χ1) is 16.9. The number of fused-ring (bicyclic) bond motifs is 1. The molecule has 4 rings (SSSR count). The van der Waals surface area contributed by atoms with Gasteiger partial charge in [-0.2, -0.15) is 0 Å². The minimum absolute atomic E-state index is 0.126. The lowest BCUT2D eigenvalue weighted by Gasteiger charge is -2.26. The Hall–Kier alpha value is -3.26. The molecule has 0 amide bonds. The Morgan fingerprint density at radius 3 is 2.60 bits per heavy atom. The number of aromatic nitrogens is 1. The molecule has 35 heavy (non-hydrogen) atoms. The number of pyridine rings is 1. The molecule has 0 aliphatic carbocycles. The number of halogens is 2. The molecule has 0 atom stereocenters. The Labute approximate surface area is 202 Å². The summed E-state index contributed by atoms with van der Waals surface area (Å²) in [7, 11) is 0. The van der Waals surface area contributed by atoms with Crippen LogP contribution in [0, 0.1) is 11.6 Å². The summed E-state index contributed by atoms with van der Waals surface area (Å²) in [4.78, 5) is 26.8. The van der Waals surface area contributed by atoms with Crippen molar-refractivity contribution >= 4 is 16.9 Å². The van der Waals surface area contributed by atoms with Gasteiger partial charge in [-0.3, -0.25) is 9.59 Å². The van der Waals surface area contributed by atoms with Gasteiger partial charge in [0.1, 0.15) is 12.3 Å². The molecule has 2 heterocycles. The summed E-state index contributed by atoms with van der Waals surface area (Å²) >= 11 is 0. The van der Waals surface area contributed by atoms with Crippen molar-refractivity contribution in [3.63, 3.8) is 0 Å². The number of nitrogens with zero attached hydrogens (tertiary/aromatic N) is 2. The molecule has 0 bridgehead atoms. The number of rotatable bonds is 10. The summed E-state index contributed by atoms with van der Waals surface area (Å²) < 4.78 is 35.2. The molecule has 0 spiro atoms. The lowest BCUT2D eigenvalue weighted by molar-refractivity contribution is -0.137. The summed E-state index contributed by atoms with van der Waals surface area (Å²) in [6, 6.07) is 10.4. The largest absolute Gasteiger partial charge is 0.493 e. The SMILES string of the molecule is O=C(O)Cn1c(CCc2cccc(F)c2F)cc(=O)c2ccc(OCCCN3CCCCC3)cc21. The Morgan fingerprint density at radius 1 is 1.03 bits per heavy atom. The monoisotopic (exact) mass is 484 g/mol. The van der Waals surface area contributed by atoms with Crippen LogP contribution in [0.25, 0.3) is 10.9 Å². The molecule has 0 unspecified atom stereocenters. The van der Waals surface area contributed by atoms with Gasteiger partial charge < -0.3 is 19.3 Å². The summed E-state index contributed by atoms with van der Waals surface area (Å²) in [5, 5.41) is 9.89. The molecule has 1 aliphatic rings. The lowest BCUT2D eigenvalue weighted by atomic mass is 10.0. The fourth-order valence-corrected chi connectivity index (χ4v) is 4.69. The molecular formula is C27H30F2N2O4. The molecule has 6 nitrogen and oxygen atoms in total. The Morgan fingerprint density at radius 2 is 1.83 bits per heavy atom. The second-order valence-corrected chi connectivity index (χ2v) is 8.98.